The molecule has 0 bridgehead atoms. The third-order valence-corrected chi connectivity index (χ3v) is 6.07. The zero-order valence-electron chi connectivity index (χ0n) is 17.9. The summed E-state index contributed by atoms with van der Waals surface area (Å²) in [6, 6.07) is 28.5. The topological polar surface area (TPSA) is 61.4 Å². The number of benzene rings is 3. The molecule has 4 aromatic rings. The molecule has 2 N–H and O–H groups in total. The van der Waals surface area contributed by atoms with E-state index in [1.807, 2.05) is 54.6 Å². The molecule has 1 aromatic heterocycles. The van der Waals surface area contributed by atoms with Gasteiger partial charge in [0.05, 0.1) is 6.10 Å². The number of hydrogen-bond donors (Lipinski definition) is 2. The Morgan fingerprint density at radius 1 is 0.906 bits per heavy atom. The molecule has 0 aliphatic carbocycles. The summed E-state index contributed by atoms with van der Waals surface area (Å²) in [6.07, 6.45) is 1.11. The fraction of sp³-hybridized carbons (Fsp3) is 0.222. The lowest BCUT2D eigenvalue weighted by atomic mass is 9.83. The summed E-state index contributed by atoms with van der Waals surface area (Å²) in [5.41, 5.74) is 5.27. The molecule has 0 saturated carbocycles. The maximum absolute atomic E-state index is 11.6. The van der Waals surface area contributed by atoms with Crippen LogP contribution in [0.3, 0.4) is 0 Å². The Labute approximate surface area is 188 Å². The first-order chi connectivity index (χ1) is 15.8. The van der Waals surface area contributed by atoms with Gasteiger partial charge in [0, 0.05) is 43.0 Å². The first kappa shape index (κ1) is 20.5. The van der Waals surface area contributed by atoms with E-state index in [0.29, 0.717) is 6.61 Å². The molecule has 0 spiro atoms. The zero-order chi connectivity index (χ0) is 21.8. The van der Waals surface area contributed by atoms with E-state index in [0.717, 1.165) is 53.3 Å². The minimum Gasteiger partial charge on any atom is -0.492 e. The van der Waals surface area contributed by atoms with Crippen molar-refractivity contribution in [2.24, 2.45) is 0 Å². The highest BCUT2D eigenvalue weighted by Gasteiger charge is 2.26. The van der Waals surface area contributed by atoms with Gasteiger partial charge in [0.2, 0.25) is 0 Å². The van der Waals surface area contributed by atoms with Crippen LogP contribution in [-0.2, 0) is 13.1 Å². The Hall–Kier alpha value is -3.41. The predicted molar refractivity (Wildman–Crippen MR) is 124 cm³/mol. The SMILES string of the molecule is O[C@@H](c1ccc2c(c1)CN(Cc1ccn[nH]1)CCO2)C(c1ccccc1)c1ccccc1. The van der Waals surface area contributed by atoms with Crippen LogP contribution in [-0.4, -0.2) is 33.4 Å². The monoisotopic (exact) mass is 425 g/mol. The Balaban J connectivity index is 1.45. The second-order valence-corrected chi connectivity index (χ2v) is 8.25. The van der Waals surface area contributed by atoms with Crippen molar-refractivity contribution in [3.05, 3.63) is 119 Å². The molecule has 0 saturated heterocycles. The van der Waals surface area contributed by atoms with Crippen molar-refractivity contribution in [3.63, 3.8) is 0 Å². The number of nitrogens with one attached hydrogen (secondary N) is 1. The van der Waals surface area contributed by atoms with E-state index in [1.54, 1.807) is 6.20 Å². The fourth-order valence-electron chi connectivity index (χ4n) is 4.47. The molecule has 5 heteroatoms. The van der Waals surface area contributed by atoms with Crippen LogP contribution in [0.5, 0.6) is 5.75 Å². The number of hydrogen-bond acceptors (Lipinski definition) is 4. The number of aromatic amines is 1. The number of rotatable bonds is 6. The van der Waals surface area contributed by atoms with Crippen LogP contribution >= 0.6 is 0 Å². The van der Waals surface area contributed by atoms with Crippen molar-refractivity contribution in [1.29, 1.82) is 0 Å². The van der Waals surface area contributed by atoms with Gasteiger partial charge in [0.1, 0.15) is 12.4 Å². The van der Waals surface area contributed by atoms with Gasteiger partial charge < -0.3 is 9.84 Å². The lowest BCUT2D eigenvalue weighted by Gasteiger charge is -2.25. The number of aliphatic hydroxyl groups is 1. The molecular formula is C27H27N3O2. The van der Waals surface area contributed by atoms with Crippen molar-refractivity contribution in [3.8, 4) is 5.75 Å². The van der Waals surface area contributed by atoms with Gasteiger partial charge >= 0.3 is 0 Å². The average Bonchev–Trinajstić information content (AvgIpc) is 3.26. The van der Waals surface area contributed by atoms with Crippen molar-refractivity contribution >= 4 is 0 Å². The summed E-state index contributed by atoms with van der Waals surface area (Å²) in [5.74, 6) is 0.743. The van der Waals surface area contributed by atoms with Crippen LogP contribution in [0.4, 0.5) is 0 Å². The third-order valence-electron chi connectivity index (χ3n) is 6.07. The van der Waals surface area contributed by atoms with Gasteiger partial charge in [-0.1, -0.05) is 66.7 Å². The Morgan fingerprint density at radius 3 is 2.28 bits per heavy atom. The minimum absolute atomic E-state index is 0.150. The largest absolute Gasteiger partial charge is 0.492 e. The predicted octanol–water partition coefficient (Wildman–Crippen LogP) is 4.67. The summed E-state index contributed by atoms with van der Waals surface area (Å²) in [4.78, 5) is 2.33. The van der Waals surface area contributed by atoms with E-state index in [2.05, 4.69) is 45.4 Å². The maximum atomic E-state index is 11.6. The van der Waals surface area contributed by atoms with Crippen molar-refractivity contribution < 1.29 is 9.84 Å². The second kappa shape index (κ2) is 9.39. The summed E-state index contributed by atoms with van der Waals surface area (Å²) < 4.78 is 6.01. The van der Waals surface area contributed by atoms with Crippen molar-refractivity contribution in [1.82, 2.24) is 15.1 Å². The molecule has 2 heterocycles. The van der Waals surface area contributed by atoms with E-state index in [4.69, 9.17) is 4.74 Å². The second-order valence-electron chi connectivity index (χ2n) is 8.25. The van der Waals surface area contributed by atoms with Gasteiger partial charge in [-0.3, -0.25) is 10.00 Å². The highest BCUT2D eigenvalue weighted by Crippen LogP contribution is 2.38. The number of ether oxygens (including phenoxy) is 1. The molecule has 3 aromatic carbocycles. The molecule has 1 aliphatic heterocycles. The van der Waals surface area contributed by atoms with Crippen LogP contribution in [0.1, 0.15) is 40.0 Å². The van der Waals surface area contributed by atoms with Crippen LogP contribution in [0.2, 0.25) is 0 Å². The Morgan fingerprint density at radius 2 is 1.62 bits per heavy atom. The molecule has 5 nitrogen and oxygen atoms in total. The first-order valence-corrected chi connectivity index (χ1v) is 11.0. The van der Waals surface area contributed by atoms with Gasteiger partial charge in [0.15, 0.2) is 0 Å². The van der Waals surface area contributed by atoms with Gasteiger partial charge in [-0.15, -0.1) is 0 Å². The molecule has 0 radical (unpaired) electrons. The summed E-state index contributed by atoms with van der Waals surface area (Å²) in [7, 11) is 0. The smallest absolute Gasteiger partial charge is 0.123 e. The molecule has 0 amide bonds. The third kappa shape index (κ3) is 4.44. The highest BCUT2D eigenvalue weighted by molar-refractivity contribution is 5.42. The molecule has 5 rings (SSSR count). The van der Waals surface area contributed by atoms with Gasteiger partial charge in [-0.05, 0) is 34.9 Å². The van der Waals surface area contributed by atoms with Gasteiger partial charge in [0.25, 0.3) is 0 Å². The first-order valence-electron chi connectivity index (χ1n) is 11.0. The van der Waals surface area contributed by atoms with Crippen molar-refractivity contribution in [2.75, 3.05) is 13.2 Å². The molecule has 1 aliphatic rings. The van der Waals surface area contributed by atoms with Crippen LogP contribution < -0.4 is 4.74 Å². The molecule has 32 heavy (non-hydrogen) atoms. The lowest BCUT2D eigenvalue weighted by Crippen LogP contribution is -2.25. The molecule has 1 atom stereocenters. The summed E-state index contributed by atoms with van der Waals surface area (Å²) in [5, 5.41) is 18.7. The number of H-pyrrole nitrogens is 1. The normalized spacial score (nSPS) is 15.1. The summed E-state index contributed by atoms with van der Waals surface area (Å²) >= 11 is 0. The standard InChI is InChI=1S/C27H27N3O2/c31-27(26(20-7-3-1-4-8-20)21-9-5-2-6-10-21)22-11-12-25-23(17-22)18-30(15-16-32-25)19-24-13-14-28-29-24/h1-14,17,26-27,31H,15-16,18-19H2,(H,28,29)/t27-/m0/s1. The van der Waals surface area contributed by atoms with E-state index in [-0.39, 0.29) is 5.92 Å². The fourth-order valence-corrected chi connectivity index (χ4v) is 4.47. The number of nitrogens with zero attached hydrogens (tertiary/aromatic N) is 2. The van der Waals surface area contributed by atoms with E-state index < -0.39 is 6.10 Å². The quantitative estimate of drug-likeness (QED) is 0.471. The van der Waals surface area contributed by atoms with E-state index in [9.17, 15) is 5.11 Å². The van der Waals surface area contributed by atoms with Gasteiger partial charge in [-0.2, -0.15) is 5.10 Å². The Bertz CT molecular complexity index is 1090. The van der Waals surface area contributed by atoms with Crippen LogP contribution in [0, 0.1) is 0 Å². The number of aliphatic hydroxyl groups excluding tert-OH is 1. The zero-order valence-corrected chi connectivity index (χ0v) is 17.9. The number of fused-ring (bicyclic) bond motifs is 1. The highest BCUT2D eigenvalue weighted by atomic mass is 16.5. The molecule has 0 fully saturated rings. The van der Waals surface area contributed by atoms with Crippen molar-refractivity contribution in [2.45, 2.75) is 25.1 Å². The summed E-state index contributed by atoms with van der Waals surface area (Å²) in [6.45, 7) is 3.02. The molecule has 0 unspecified atom stereocenters. The van der Waals surface area contributed by atoms with Crippen LogP contribution in [0.25, 0.3) is 0 Å². The Kier molecular flexibility index (Phi) is 6.01. The maximum Gasteiger partial charge on any atom is 0.123 e. The lowest BCUT2D eigenvalue weighted by molar-refractivity contribution is 0.159. The minimum atomic E-state index is -0.672. The number of aromatic nitrogens is 2. The van der Waals surface area contributed by atoms with E-state index >= 15 is 0 Å². The molecular weight excluding hydrogens is 398 g/mol. The van der Waals surface area contributed by atoms with Gasteiger partial charge in [-0.25, -0.2) is 0 Å². The van der Waals surface area contributed by atoms with E-state index in [1.165, 1.54) is 0 Å². The average molecular weight is 426 g/mol. The van der Waals surface area contributed by atoms with Crippen LogP contribution in [0.15, 0.2) is 91.1 Å². The molecule has 162 valence electrons.